The zero-order chi connectivity index (χ0) is 17.0. The molecule has 0 fully saturated rings. The molecule has 6 heteroatoms. The molecule has 0 saturated carbocycles. The first kappa shape index (κ1) is 17.2. The maximum Gasteiger partial charge on any atom is 0.242 e. The number of carbonyl (C=O) groups is 1. The van der Waals surface area contributed by atoms with Crippen molar-refractivity contribution >= 4 is 21.6 Å². The van der Waals surface area contributed by atoms with Gasteiger partial charge >= 0.3 is 0 Å². The van der Waals surface area contributed by atoms with Crippen molar-refractivity contribution in [2.45, 2.75) is 31.7 Å². The smallest absolute Gasteiger partial charge is 0.242 e. The van der Waals surface area contributed by atoms with Gasteiger partial charge in [-0.15, -0.1) is 0 Å². The molecule has 0 aromatic heterocycles. The first-order chi connectivity index (χ1) is 10.8. The predicted molar refractivity (Wildman–Crippen MR) is 90.8 cm³/mol. The zero-order valence-corrected chi connectivity index (χ0v) is 14.1. The van der Waals surface area contributed by atoms with Crippen LogP contribution in [0.1, 0.15) is 18.1 Å². The van der Waals surface area contributed by atoms with Crippen LogP contribution < -0.4 is 10.0 Å². The number of aryl methyl sites for hydroxylation is 2. The number of hydrogen-bond donors (Lipinski definition) is 2. The monoisotopic (exact) mass is 332 g/mol. The van der Waals surface area contributed by atoms with E-state index in [0.717, 1.165) is 11.1 Å². The lowest BCUT2D eigenvalue weighted by Gasteiger charge is -2.15. The van der Waals surface area contributed by atoms with Crippen molar-refractivity contribution < 1.29 is 13.2 Å². The Labute approximate surface area is 136 Å². The van der Waals surface area contributed by atoms with E-state index < -0.39 is 22.0 Å². The van der Waals surface area contributed by atoms with E-state index in [0.29, 0.717) is 5.69 Å². The summed E-state index contributed by atoms with van der Waals surface area (Å²) in [5.41, 5.74) is 2.82. The van der Waals surface area contributed by atoms with E-state index in [-0.39, 0.29) is 4.90 Å². The van der Waals surface area contributed by atoms with Gasteiger partial charge in [0.2, 0.25) is 15.9 Å². The molecule has 2 aromatic rings. The number of carbonyl (C=O) groups excluding carboxylic acids is 1. The highest BCUT2D eigenvalue weighted by atomic mass is 32.2. The van der Waals surface area contributed by atoms with Gasteiger partial charge in [-0.05, 0) is 56.2 Å². The standard InChI is InChI=1S/C17H20N2O3S/c1-12-9-10-15(11-13(12)2)18-17(20)14(3)19-23(21,22)16-7-5-4-6-8-16/h4-11,14,19H,1-3H3,(H,18,20)/t14-/m1/s1. The highest BCUT2D eigenvalue weighted by Gasteiger charge is 2.21. The highest BCUT2D eigenvalue weighted by molar-refractivity contribution is 7.89. The molecular formula is C17H20N2O3S. The van der Waals surface area contributed by atoms with Gasteiger partial charge < -0.3 is 5.32 Å². The van der Waals surface area contributed by atoms with Crippen molar-refractivity contribution in [2.24, 2.45) is 0 Å². The van der Waals surface area contributed by atoms with Crippen molar-refractivity contribution in [3.05, 3.63) is 59.7 Å². The largest absolute Gasteiger partial charge is 0.325 e. The summed E-state index contributed by atoms with van der Waals surface area (Å²) in [7, 11) is -3.72. The van der Waals surface area contributed by atoms with Crippen LogP contribution in [0.5, 0.6) is 0 Å². The average Bonchev–Trinajstić information content (AvgIpc) is 2.51. The summed E-state index contributed by atoms with van der Waals surface area (Å²) < 4.78 is 26.8. The Morgan fingerprint density at radius 1 is 1.00 bits per heavy atom. The van der Waals surface area contributed by atoms with Crippen molar-refractivity contribution in [1.29, 1.82) is 0 Å². The third-order valence-corrected chi connectivity index (χ3v) is 5.11. The van der Waals surface area contributed by atoms with Crippen molar-refractivity contribution in [3.63, 3.8) is 0 Å². The minimum Gasteiger partial charge on any atom is -0.325 e. The second-order valence-corrected chi connectivity index (χ2v) is 7.16. The van der Waals surface area contributed by atoms with Crippen LogP contribution in [0.4, 0.5) is 5.69 Å². The molecular weight excluding hydrogens is 312 g/mol. The fourth-order valence-electron chi connectivity index (χ4n) is 2.02. The van der Waals surface area contributed by atoms with Crippen LogP contribution in [-0.2, 0) is 14.8 Å². The van der Waals surface area contributed by atoms with E-state index in [1.54, 1.807) is 24.3 Å². The topological polar surface area (TPSA) is 75.3 Å². The molecule has 0 aliphatic rings. The molecule has 0 aliphatic heterocycles. The Balaban J connectivity index is 2.06. The first-order valence-electron chi connectivity index (χ1n) is 7.25. The number of nitrogens with one attached hydrogen (secondary N) is 2. The quantitative estimate of drug-likeness (QED) is 0.884. The fraction of sp³-hybridized carbons (Fsp3) is 0.235. The summed E-state index contributed by atoms with van der Waals surface area (Å²) in [4.78, 5) is 12.3. The lowest BCUT2D eigenvalue weighted by molar-refractivity contribution is -0.117. The lowest BCUT2D eigenvalue weighted by Crippen LogP contribution is -2.41. The average molecular weight is 332 g/mol. The number of sulfonamides is 1. The van der Waals surface area contributed by atoms with Gasteiger partial charge in [0.25, 0.3) is 0 Å². The van der Waals surface area contributed by atoms with Crippen LogP contribution in [0.3, 0.4) is 0 Å². The van der Waals surface area contributed by atoms with Gasteiger partial charge in [0.15, 0.2) is 0 Å². The van der Waals surface area contributed by atoms with Gasteiger partial charge in [0, 0.05) is 5.69 Å². The lowest BCUT2D eigenvalue weighted by atomic mass is 10.1. The molecule has 0 bridgehead atoms. The molecule has 0 spiro atoms. The summed E-state index contributed by atoms with van der Waals surface area (Å²) in [5, 5.41) is 2.72. The Morgan fingerprint density at radius 2 is 1.65 bits per heavy atom. The van der Waals surface area contributed by atoms with E-state index in [2.05, 4.69) is 10.0 Å². The van der Waals surface area contributed by atoms with Gasteiger partial charge in [0.1, 0.15) is 0 Å². The highest BCUT2D eigenvalue weighted by Crippen LogP contribution is 2.15. The Kier molecular flexibility index (Phi) is 5.18. The molecule has 0 radical (unpaired) electrons. The fourth-order valence-corrected chi connectivity index (χ4v) is 3.25. The molecule has 0 heterocycles. The molecule has 2 aromatic carbocycles. The number of hydrogen-bond acceptors (Lipinski definition) is 3. The minimum atomic E-state index is -3.72. The molecule has 1 atom stereocenters. The molecule has 1 amide bonds. The zero-order valence-electron chi connectivity index (χ0n) is 13.3. The second kappa shape index (κ2) is 6.93. The first-order valence-corrected chi connectivity index (χ1v) is 8.73. The molecule has 0 saturated heterocycles. The Morgan fingerprint density at radius 3 is 2.26 bits per heavy atom. The third kappa shape index (κ3) is 4.40. The predicted octanol–water partition coefficient (Wildman–Crippen LogP) is 2.61. The van der Waals surface area contributed by atoms with Crippen LogP contribution in [-0.4, -0.2) is 20.4 Å². The SMILES string of the molecule is Cc1ccc(NC(=O)[C@@H](C)NS(=O)(=O)c2ccccc2)cc1C. The molecule has 5 nitrogen and oxygen atoms in total. The van der Waals surface area contributed by atoms with Gasteiger partial charge in [-0.1, -0.05) is 24.3 Å². The summed E-state index contributed by atoms with van der Waals surface area (Å²) in [5.74, 6) is -0.409. The van der Waals surface area contributed by atoms with Crippen LogP contribution >= 0.6 is 0 Å². The van der Waals surface area contributed by atoms with Crippen LogP contribution in [0.25, 0.3) is 0 Å². The van der Waals surface area contributed by atoms with Crippen LogP contribution in [0.2, 0.25) is 0 Å². The Hall–Kier alpha value is -2.18. The summed E-state index contributed by atoms with van der Waals surface area (Å²) >= 11 is 0. The van der Waals surface area contributed by atoms with Crippen molar-refractivity contribution in [1.82, 2.24) is 4.72 Å². The van der Waals surface area contributed by atoms with E-state index in [4.69, 9.17) is 0 Å². The van der Waals surface area contributed by atoms with E-state index >= 15 is 0 Å². The van der Waals surface area contributed by atoms with Gasteiger partial charge in [-0.25, -0.2) is 8.42 Å². The Bertz CT molecular complexity index is 802. The molecule has 0 unspecified atom stereocenters. The normalized spacial score (nSPS) is 12.7. The maximum absolute atomic E-state index is 12.2. The third-order valence-electron chi connectivity index (χ3n) is 3.55. The van der Waals surface area contributed by atoms with Crippen molar-refractivity contribution in [2.75, 3.05) is 5.32 Å². The van der Waals surface area contributed by atoms with Crippen LogP contribution in [0.15, 0.2) is 53.4 Å². The number of amides is 1. The van der Waals surface area contributed by atoms with E-state index in [9.17, 15) is 13.2 Å². The van der Waals surface area contributed by atoms with Gasteiger partial charge in [0.05, 0.1) is 10.9 Å². The molecule has 2 N–H and O–H groups in total. The van der Waals surface area contributed by atoms with E-state index in [1.807, 2.05) is 26.0 Å². The molecule has 23 heavy (non-hydrogen) atoms. The van der Waals surface area contributed by atoms with Crippen molar-refractivity contribution in [3.8, 4) is 0 Å². The molecule has 0 aliphatic carbocycles. The molecule has 122 valence electrons. The van der Waals surface area contributed by atoms with Gasteiger partial charge in [-0.3, -0.25) is 4.79 Å². The minimum absolute atomic E-state index is 0.130. The van der Waals surface area contributed by atoms with Crippen LogP contribution in [0, 0.1) is 13.8 Å². The number of rotatable bonds is 5. The summed E-state index contributed by atoms with van der Waals surface area (Å²) in [6, 6.07) is 12.6. The number of benzene rings is 2. The summed E-state index contributed by atoms with van der Waals surface area (Å²) in [6.07, 6.45) is 0. The second-order valence-electron chi connectivity index (χ2n) is 5.44. The van der Waals surface area contributed by atoms with E-state index in [1.165, 1.54) is 19.1 Å². The number of anilines is 1. The maximum atomic E-state index is 12.2. The molecule has 2 rings (SSSR count). The van der Waals surface area contributed by atoms with Gasteiger partial charge in [-0.2, -0.15) is 4.72 Å². The summed E-state index contributed by atoms with van der Waals surface area (Å²) in [6.45, 7) is 5.45.